The van der Waals surface area contributed by atoms with Crippen LogP contribution in [0, 0.1) is 0 Å². The number of aliphatic hydroxyl groups is 1. The third-order valence-corrected chi connectivity index (χ3v) is 4.05. The molecule has 2 heterocycles. The molecular formula is C17H18ClN3O. The summed E-state index contributed by atoms with van der Waals surface area (Å²) in [5, 5.41) is 14.5. The fourth-order valence-electron chi connectivity index (χ4n) is 2.54. The monoisotopic (exact) mass is 315 g/mol. The van der Waals surface area contributed by atoms with Crippen LogP contribution in [-0.4, -0.2) is 21.0 Å². The van der Waals surface area contributed by atoms with Gasteiger partial charge in [-0.2, -0.15) is 0 Å². The quantitative estimate of drug-likeness (QED) is 0.761. The topological polar surface area (TPSA) is 49.6 Å². The van der Waals surface area contributed by atoms with Gasteiger partial charge >= 0.3 is 0 Å². The Morgan fingerprint density at radius 3 is 2.82 bits per heavy atom. The summed E-state index contributed by atoms with van der Waals surface area (Å²) in [6.07, 6.45) is 3.82. The summed E-state index contributed by atoms with van der Waals surface area (Å²) < 4.78 is 2.03. The number of fused-ring (bicyclic) bond motifs is 1. The number of nitrogens with zero attached hydrogens (tertiary/aromatic N) is 2. The number of benzene rings is 1. The zero-order valence-corrected chi connectivity index (χ0v) is 13.1. The Balaban J connectivity index is 1.69. The van der Waals surface area contributed by atoms with Crippen LogP contribution in [-0.2, 0) is 12.1 Å². The van der Waals surface area contributed by atoms with Crippen LogP contribution in [0.1, 0.15) is 18.2 Å². The van der Waals surface area contributed by atoms with Gasteiger partial charge in [0.15, 0.2) is 0 Å². The van der Waals surface area contributed by atoms with Crippen molar-refractivity contribution in [1.82, 2.24) is 14.7 Å². The van der Waals surface area contributed by atoms with E-state index in [1.54, 1.807) is 13.0 Å². The molecule has 0 aliphatic rings. The average molecular weight is 316 g/mol. The van der Waals surface area contributed by atoms with Crippen LogP contribution >= 0.6 is 11.6 Å². The van der Waals surface area contributed by atoms with Crippen LogP contribution in [0.4, 0.5) is 0 Å². The van der Waals surface area contributed by atoms with Gasteiger partial charge in [-0.25, -0.2) is 4.98 Å². The van der Waals surface area contributed by atoms with Crippen LogP contribution in [0.15, 0.2) is 54.9 Å². The summed E-state index contributed by atoms with van der Waals surface area (Å²) in [5.41, 5.74) is 1.66. The van der Waals surface area contributed by atoms with E-state index in [9.17, 15) is 5.11 Å². The van der Waals surface area contributed by atoms with Crippen molar-refractivity contribution in [2.24, 2.45) is 0 Å². The fourth-order valence-corrected chi connectivity index (χ4v) is 2.88. The molecule has 0 amide bonds. The average Bonchev–Trinajstić information content (AvgIpc) is 2.91. The predicted octanol–water partition coefficient (Wildman–Crippen LogP) is 2.99. The summed E-state index contributed by atoms with van der Waals surface area (Å²) >= 11 is 6.16. The number of nitrogens with one attached hydrogen (secondary N) is 1. The molecule has 1 atom stereocenters. The fraction of sp³-hybridized carbons (Fsp3) is 0.235. The van der Waals surface area contributed by atoms with Crippen molar-refractivity contribution >= 4 is 17.2 Å². The van der Waals surface area contributed by atoms with Crippen molar-refractivity contribution in [2.45, 2.75) is 19.1 Å². The first-order valence-electron chi connectivity index (χ1n) is 7.17. The van der Waals surface area contributed by atoms with Crippen LogP contribution in [0.5, 0.6) is 0 Å². The van der Waals surface area contributed by atoms with E-state index >= 15 is 0 Å². The molecule has 0 unspecified atom stereocenters. The molecule has 5 heteroatoms. The summed E-state index contributed by atoms with van der Waals surface area (Å²) in [5.74, 6) is 0. The second-order valence-electron chi connectivity index (χ2n) is 5.54. The van der Waals surface area contributed by atoms with Gasteiger partial charge in [-0.3, -0.25) is 0 Å². The third kappa shape index (κ3) is 2.99. The smallest absolute Gasteiger partial charge is 0.136 e. The highest BCUT2D eigenvalue weighted by Gasteiger charge is 2.25. The standard InChI is InChI=1S/C17H18ClN3O/c1-17(22,14-6-2-3-7-15(14)18)12-19-10-13-11-20-16-8-4-5-9-21(13)16/h2-9,11,19,22H,10,12H2,1H3/t17-/m0/s1. The van der Waals surface area contributed by atoms with Gasteiger partial charge in [-0.05, 0) is 25.1 Å². The van der Waals surface area contributed by atoms with E-state index in [1.165, 1.54) is 0 Å². The molecule has 4 nitrogen and oxygen atoms in total. The molecule has 2 aromatic heterocycles. The number of rotatable bonds is 5. The number of imidazole rings is 1. The molecule has 2 N–H and O–H groups in total. The third-order valence-electron chi connectivity index (χ3n) is 3.72. The lowest BCUT2D eigenvalue weighted by Crippen LogP contribution is -2.35. The molecule has 0 bridgehead atoms. The SMILES string of the molecule is C[C@](O)(CNCc1cnc2ccccn12)c1ccccc1Cl. The van der Waals surface area contributed by atoms with Crippen molar-refractivity contribution in [1.29, 1.82) is 0 Å². The van der Waals surface area contributed by atoms with Crippen LogP contribution in [0.3, 0.4) is 0 Å². The minimum Gasteiger partial charge on any atom is -0.384 e. The largest absolute Gasteiger partial charge is 0.384 e. The second kappa shape index (κ2) is 6.08. The number of hydrogen-bond donors (Lipinski definition) is 2. The van der Waals surface area contributed by atoms with E-state index in [0.29, 0.717) is 18.1 Å². The molecule has 0 fully saturated rings. The van der Waals surface area contributed by atoms with Gasteiger partial charge in [0.05, 0.1) is 11.9 Å². The highest BCUT2D eigenvalue weighted by atomic mass is 35.5. The molecule has 0 aliphatic carbocycles. The van der Waals surface area contributed by atoms with Crippen LogP contribution in [0.25, 0.3) is 5.65 Å². The molecule has 0 saturated heterocycles. The maximum Gasteiger partial charge on any atom is 0.136 e. The first-order chi connectivity index (χ1) is 10.6. The van der Waals surface area contributed by atoms with Gasteiger partial charge in [0, 0.05) is 29.9 Å². The normalized spacial score (nSPS) is 14.1. The lowest BCUT2D eigenvalue weighted by molar-refractivity contribution is 0.0567. The van der Waals surface area contributed by atoms with E-state index in [1.807, 2.05) is 53.2 Å². The Morgan fingerprint density at radius 1 is 1.23 bits per heavy atom. The first kappa shape index (κ1) is 15.0. The Labute approximate surface area is 134 Å². The molecule has 0 aliphatic heterocycles. The van der Waals surface area contributed by atoms with Crippen molar-refractivity contribution in [3.05, 3.63) is 71.1 Å². The summed E-state index contributed by atoms with van der Waals surface area (Å²) in [6, 6.07) is 13.3. The van der Waals surface area contributed by atoms with Crippen molar-refractivity contribution in [2.75, 3.05) is 6.54 Å². The van der Waals surface area contributed by atoms with Gasteiger partial charge in [-0.15, -0.1) is 0 Å². The Kier molecular flexibility index (Phi) is 4.16. The molecule has 3 aromatic rings. The van der Waals surface area contributed by atoms with E-state index in [-0.39, 0.29) is 0 Å². The lowest BCUT2D eigenvalue weighted by atomic mass is 9.96. The van der Waals surface area contributed by atoms with Crippen LogP contribution in [0.2, 0.25) is 5.02 Å². The minimum atomic E-state index is -1.03. The van der Waals surface area contributed by atoms with E-state index in [0.717, 1.165) is 16.9 Å². The molecule has 0 spiro atoms. The van der Waals surface area contributed by atoms with Gasteiger partial charge in [0.1, 0.15) is 11.2 Å². The van der Waals surface area contributed by atoms with Gasteiger partial charge in [0.25, 0.3) is 0 Å². The maximum absolute atomic E-state index is 10.6. The predicted molar refractivity (Wildman–Crippen MR) is 87.9 cm³/mol. The Hall–Kier alpha value is -1.88. The van der Waals surface area contributed by atoms with Crippen molar-refractivity contribution in [3.63, 3.8) is 0 Å². The number of halogens is 1. The van der Waals surface area contributed by atoms with E-state index in [2.05, 4.69) is 10.3 Å². The molecule has 0 radical (unpaired) electrons. The molecular weight excluding hydrogens is 298 g/mol. The zero-order chi connectivity index (χ0) is 15.6. The summed E-state index contributed by atoms with van der Waals surface area (Å²) in [6.45, 7) is 2.78. The highest BCUT2D eigenvalue weighted by Crippen LogP contribution is 2.27. The molecule has 22 heavy (non-hydrogen) atoms. The lowest BCUT2D eigenvalue weighted by Gasteiger charge is -2.25. The number of aromatic nitrogens is 2. The van der Waals surface area contributed by atoms with Gasteiger partial charge in [-0.1, -0.05) is 35.9 Å². The molecule has 1 aromatic carbocycles. The summed E-state index contributed by atoms with van der Waals surface area (Å²) in [4.78, 5) is 4.35. The van der Waals surface area contributed by atoms with Crippen LogP contribution < -0.4 is 5.32 Å². The maximum atomic E-state index is 10.6. The molecule has 0 saturated carbocycles. The first-order valence-corrected chi connectivity index (χ1v) is 7.55. The van der Waals surface area contributed by atoms with E-state index < -0.39 is 5.60 Å². The minimum absolute atomic E-state index is 0.400. The molecule has 114 valence electrons. The second-order valence-corrected chi connectivity index (χ2v) is 5.94. The summed E-state index contributed by atoms with van der Waals surface area (Å²) in [7, 11) is 0. The number of pyridine rings is 1. The number of hydrogen-bond acceptors (Lipinski definition) is 3. The zero-order valence-electron chi connectivity index (χ0n) is 12.3. The van der Waals surface area contributed by atoms with E-state index in [4.69, 9.17) is 11.6 Å². The highest BCUT2D eigenvalue weighted by molar-refractivity contribution is 6.31. The van der Waals surface area contributed by atoms with Gasteiger partial charge in [0.2, 0.25) is 0 Å². The van der Waals surface area contributed by atoms with Crippen molar-refractivity contribution < 1.29 is 5.11 Å². The van der Waals surface area contributed by atoms with Crippen molar-refractivity contribution in [3.8, 4) is 0 Å². The Morgan fingerprint density at radius 2 is 2.00 bits per heavy atom. The Bertz CT molecular complexity index is 782. The molecule has 3 rings (SSSR count). The van der Waals surface area contributed by atoms with Gasteiger partial charge < -0.3 is 14.8 Å².